The van der Waals surface area contributed by atoms with Gasteiger partial charge in [-0.2, -0.15) is 0 Å². The minimum atomic E-state index is -0.183. The van der Waals surface area contributed by atoms with Crippen molar-refractivity contribution >= 4 is 5.95 Å². The van der Waals surface area contributed by atoms with Crippen LogP contribution in [0.2, 0.25) is 0 Å². The highest BCUT2D eigenvalue weighted by Gasteiger charge is 2.18. The minimum Gasteiger partial charge on any atom is -0.353 e. The molecule has 1 aliphatic rings. The average molecular weight is 287 g/mol. The quantitative estimate of drug-likeness (QED) is 0.894. The van der Waals surface area contributed by atoms with E-state index in [1.807, 2.05) is 24.5 Å². The molecular formula is C17H22FN3. The van der Waals surface area contributed by atoms with Crippen molar-refractivity contribution in [2.75, 3.05) is 5.32 Å². The van der Waals surface area contributed by atoms with Crippen LogP contribution in [0.15, 0.2) is 36.7 Å². The summed E-state index contributed by atoms with van der Waals surface area (Å²) in [7, 11) is 0. The molecule has 0 aliphatic heterocycles. The van der Waals surface area contributed by atoms with Crippen LogP contribution in [0.3, 0.4) is 0 Å². The molecule has 1 fully saturated rings. The van der Waals surface area contributed by atoms with Gasteiger partial charge in [-0.15, -0.1) is 0 Å². The molecule has 2 aromatic rings. The van der Waals surface area contributed by atoms with Gasteiger partial charge in [-0.1, -0.05) is 25.0 Å². The summed E-state index contributed by atoms with van der Waals surface area (Å²) in [4.78, 5) is 4.45. The lowest BCUT2D eigenvalue weighted by Crippen LogP contribution is -2.20. The molecule has 1 saturated carbocycles. The third-order valence-corrected chi connectivity index (χ3v) is 4.28. The Morgan fingerprint density at radius 3 is 2.71 bits per heavy atom. The van der Waals surface area contributed by atoms with Crippen LogP contribution < -0.4 is 5.32 Å². The Morgan fingerprint density at radius 2 is 2.00 bits per heavy atom. The molecule has 1 aliphatic carbocycles. The van der Waals surface area contributed by atoms with Gasteiger partial charge in [-0.25, -0.2) is 9.37 Å². The summed E-state index contributed by atoms with van der Waals surface area (Å²) in [5.74, 6) is 0.772. The molecule has 1 aromatic heterocycles. The molecule has 1 N–H and O–H groups in total. The van der Waals surface area contributed by atoms with Gasteiger partial charge in [0.05, 0.1) is 0 Å². The van der Waals surface area contributed by atoms with Crippen LogP contribution in [0.1, 0.15) is 44.2 Å². The van der Waals surface area contributed by atoms with E-state index < -0.39 is 0 Å². The van der Waals surface area contributed by atoms with Gasteiger partial charge in [-0.05, 0) is 43.9 Å². The van der Waals surface area contributed by atoms with Crippen LogP contribution in [0, 0.1) is 5.82 Å². The van der Waals surface area contributed by atoms with Gasteiger partial charge >= 0.3 is 0 Å². The van der Waals surface area contributed by atoms with E-state index in [0.717, 1.165) is 17.9 Å². The summed E-state index contributed by atoms with van der Waals surface area (Å²) in [6.07, 6.45) is 9.82. The molecule has 0 spiro atoms. The zero-order chi connectivity index (χ0) is 14.7. The second-order valence-corrected chi connectivity index (χ2v) is 5.96. The van der Waals surface area contributed by atoms with Crippen molar-refractivity contribution < 1.29 is 4.39 Å². The second-order valence-electron chi connectivity index (χ2n) is 5.96. The number of benzene rings is 1. The summed E-state index contributed by atoms with van der Waals surface area (Å²) >= 11 is 0. The van der Waals surface area contributed by atoms with E-state index in [1.165, 1.54) is 37.8 Å². The second kappa shape index (κ2) is 6.29. The zero-order valence-electron chi connectivity index (χ0n) is 12.4. The predicted molar refractivity (Wildman–Crippen MR) is 82.9 cm³/mol. The standard InChI is InChI=1S/C17H22FN3/c1-13(12-14-6-8-15(18)9-7-14)21-11-10-19-17(21)20-16-4-2-3-5-16/h6-11,13,16H,2-5,12H2,1H3,(H,19,20). The maximum absolute atomic E-state index is 13.0. The number of anilines is 1. The Labute approximate surface area is 125 Å². The van der Waals surface area contributed by atoms with E-state index in [-0.39, 0.29) is 5.82 Å². The molecule has 21 heavy (non-hydrogen) atoms. The first-order chi connectivity index (χ1) is 10.2. The first-order valence-electron chi connectivity index (χ1n) is 7.76. The summed E-state index contributed by atoms with van der Waals surface area (Å²) in [5, 5.41) is 3.56. The fourth-order valence-electron chi connectivity index (χ4n) is 3.09. The maximum atomic E-state index is 13.0. The Morgan fingerprint density at radius 1 is 1.29 bits per heavy atom. The predicted octanol–water partition coefficient (Wildman–Crippen LogP) is 4.18. The Kier molecular flexibility index (Phi) is 4.23. The van der Waals surface area contributed by atoms with Crippen molar-refractivity contribution in [2.24, 2.45) is 0 Å². The number of halogens is 1. The van der Waals surface area contributed by atoms with Crippen molar-refractivity contribution in [1.82, 2.24) is 9.55 Å². The first-order valence-corrected chi connectivity index (χ1v) is 7.76. The lowest BCUT2D eigenvalue weighted by molar-refractivity contribution is 0.543. The highest BCUT2D eigenvalue weighted by Crippen LogP contribution is 2.24. The van der Waals surface area contributed by atoms with E-state index >= 15 is 0 Å². The molecule has 0 saturated heterocycles. The molecule has 112 valence electrons. The van der Waals surface area contributed by atoms with Crippen molar-refractivity contribution in [3.63, 3.8) is 0 Å². The van der Waals surface area contributed by atoms with Gasteiger partial charge in [-0.3, -0.25) is 0 Å². The molecule has 4 heteroatoms. The fraction of sp³-hybridized carbons (Fsp3) is 0.471. The molecule has 3 rings (SSSR count). The van der Waals surface area contributed by atoms with Crippen LogP contribution in [-0.4, -0.2) is 15.6 Å². The highest BCUT2D eigenvalue weighted by molar-refractivity contribution is 5.29. The molecular weight excluding hydrogens is 265 g/mol. The molecule has 0 amide bonds. The number of nitrogens with one attached hydrogen (secondary N) is 1. The number of hydrogen-bond donors (Lipinski definition) is 1. The molecule has 0 bridgehead atoms. The first kappa shape index (κ1) is 14.1. The van der Waals surface area contributed by atoms with Crippen molar-refractivity contribution in [3.05, 3.63) is 48.0 Å². The van der Waals surface area contributed by atoms with Crippen LogP contribution in [0.25, 0.3) is 0 Å². The number of hydrogen-bond acceptors (Lipinski definition) is 2. The van der Waals surface area contributed by atoms with Gasteiger partial charge in [0, 0.05) is 24.5 Å². The number of aromatic nitrogens is 2. The summed E-state index contributed by atoms with van der Waals surface area (Å²) < 4.78 is 15.1. The maximum Gasteiger partial charge on any atom is 0.203 e. The summed E-state index contributed by atoms with van der Waals surface area (Å²) in [6, 6.07) is 7.60. The molecule has 0 radical (unpaired) electrons. The van der Waals surface area contributed by atoms with E-state index in [2.05, 4.69) is 21.8 Å². The Bertz CT molecular complexity index is 570. The number of imidazole rings is 1. The van der Waals surface area contributed by atoms with Gasteiger partial charge in [0.1, 0.15) is 5.82 Å². The van der Waals surface area contributed by atoms with E-state index in [1.54, 1.807) is 0 Å². The van der Waals surface area contributed by atoms with Crippen LogP contribution in [0.4, 0.5) is 10.3 Å². The lowest BCUT2D eigenvalue weighted by Gasteiger charge is -2.19. The summed E-state index contributed by atoms with van der Waals surface area (Å²) in [5.41, 5.74) is 1.14. The van der Waals surface area contributed by atoms with Crippen LogP contribution in [0.5, 0.6) is 0 Å². The molecule has 3 nitrogen and oxygen atoms in total. The number of nitrogens with zero attached hydrogens (tertiary/aromatic N) is 2. The van der Waals surface area contributed by atoms with Crippen molar-refractivity contribution in [2.45, 2.75) is 51.1 Å². The Hall–Kier alpha value is -1.84. The fourth-order valence-corrected chi connectivity index (χ4v) is 3.09. The van der Waals surface area contributed by atoms with Gasteiger partial charge in [0.25, 0.3) is 0 Å². The normalized spacial score (nSPS) is 17.0. The summed E-state index contributed by atoms with van der Waals surface area (Å²) in [6.45, 7) is 2.17. The van der Waals surface area contributed by atoms with Gasteiger partial charge < -0.3 is 9.88 Å². The van der Waals surface area contributed by atoms with E-state index in [9.17, 15) is 4.39 Å². The smallest absolute Gasteiger partial charge is 0.203 e. The van der Waals surface area contributed by atoms with Gasteiger partial charge in [0.2, 0.25) is 5.95 Å². The zero-order valence-corrected chi connectivity index (χ0v) is 12.4. The molecule has 1 heterocycles. The van der Waals surface area contributed by atoms with Crippen LogP contribution in [-0.2, 0) is 6.42 Å². The monoisotopic (exact) mass is 287 g/mol. The average Bonchev–Trinajstić information content (AvgIpc) is 3.13. The molecule has 1 atom stereocenters. The van der Waals surface area contributed by atoms with Crippen molar-refractivity contribution in [1.29, 1.82) is 0 Å². The lowest BCUT2D eigenvalue weighted by atomic mass is 10.1. The topological polar surface area (TPSA) is 29.9 Å². The molecule has 1 unspecified atom stereocenters. The van der Waals surface area contributed by atoms with Crippen molar-refractivity contribution in [3.8, 4) is 0 Å². The Balaban J connectivity index is 1.68. The third kappa shape index (κ3) is 3.43. The molecule has 1 aromatic carbocycles. The van der Waals surface area contributed by atoms with Crippen LogP contribution >= 0.6 is 0 Å². The largest absolute Gasteiger partial charge is 0.353 e. The third-order valence-electron chi connectivity index (χ3n) is 4.28. The highest BCUT2D eigenvalue weighted by atomic mass is 19.1. The van der Waals surface area contributed by atoms with E-state index in [4.69, 9.17) is 0 Å². The van der Waals surface area contributed by atoms with E-state index in [0.29, 0.717) is 12.1 Å². The SMILES string of the molecule is CC(Cc1ccc(F)cc1)n1ccnc1NC1CCCC1. The minimum absolute atomic E-state index is 0.183. The van der Waals surface area contributed by atoms with Gasteiger partial charge in [0.15, 0.2) is 0 Å². The number of rotatable bonds is 5.